The van der Waals surface area contributed by atoms with E-state index in [1.54, 1.807) is 33.5 Å². The lowest BCUT2D eigenvalue weighted by Crippen LogP contribution is -2.40. The highest BCUT2D eigenvalue weighted by Crippen LogP contribution is 2.23. The summed E-state index contributed by atoms with van der Waals surface area (Å²) in [6.45, 7) is 5.16. The molecule has 2 aromatic rings. The number of carbonyl (C=O) groups is 1. The Balaban J connectivity index is 1.71. The Morgan fingerprint density at radius 2 is 1.67 bits per heavy atom. The smallest absolute Gasteiger partial charge is 0.246 e. The van der Waals surface area contributed by atoms with Gasteiger partial charge in [0.05, 0.1) is 11.4 Å². The van der Waals surface area contributed by atoms with E-state index in [9.17, 15) is 13.2 Å². The maximum absolute atomic E-state index is 13.0. The molecule has 0 atom stereocenters. The van der Waals surface area contributed by atoms with Crippen LogP contribution < -0.4 is 10.2 Å². The average Bonchev–Trinajstić information content (AvgIpc) is 3.03. The van der Waals surface area contributed by atoms with Gasteiger partial charge in [-0.1, -0.05) is 37.1 Å². The van der Waals surface area contributed by atoms with Crippen molar-refractivity contribution in [2.75, 3.05) is 29.9 Å². The highest BCUT2D eigenvalue weighted by Gasteiger charge is 2.25. The first kappa shape index (κ1) is 22.3. The summed E-state index contributed by atoms with van der Waals surface area (Å²) >= 11 is 0. The number of nitrogens with one attached hydrogen (secondary N) is 1. The minimum Gasteiger partial charge on any atom is -0.376 e. The van der Waals surface area contributed by atoms with Crippen molar-refractivity contribution in [2.45, 2.75) is 50.5 Å². The molecule has 1 aliphatic heterocycles. The second-order valence-corrected chi connectivity index (χ2v) is 9.83. The van der Waals surface area contributed by atoms with Crippen LogP contribution in [-0.4, -0.2) is 44.3 Å². The monoisotopic (exact) mass is 429 g/mol. The molecule has 30 heavy (non-hydrogen) atoms. The summed E-state index contributed by atoms with van der Waals surface area (Å²) in [5.41, 5.74) is 1.47. The lowest BCUT2D eigenvalue weighted by Gasteiger charge is -2.27. The number of hydrogen-bond donors (Lipinski definition) is 1. The van der Waals surface area contributed by atoms with Crippen LogP contribution in [0.4, 0.5) is 11.4 Å². The van der Waals surface area contributed by atoms with Gasteiger partial charge in [-0.15, -0.1) is 0 Å². The van der Waals surface area contributed by atoms with Crippen LogP contribution in [0.5, 0.6) is 0 Å². The van der Waals surface area contributed by atoms with E-state index in [1.807, 2.05) is 44.2 Å². The lowest BCUT2D eigenvalue weighted by atomic mass is 10.2. The Bertz CT molecular complexity index is 937. The zero-order chi connectivity index (χ0) is 21.6. The molecule has 0 saturated carbocycles. The van der Waals surface area contributed by atoms with E-state index in [1.165, 1.54) is 0 Å². The number of hydrogen-bond acceptors (Lipinski definition) is 4. The summed E-state index contributed by atoms with van der Waals surface area (Å²) in [6, 6.07) is 16.3. The lowest BCUT2D eigenvalue weighted by molar-refractivity contribution is -0.117. The highest BCUT2D eigenvalue weighted by atomic mass is 32.2. The third-order valence-corrected chi connectivity index (χ3v) is 7.19. The molecule has 0 bridgehead atoms. The van der Waals surface area contributed by atoms with Crippen molar-refractivity contribution >= 4 is 27.3 Å². The van der Waals surface area contributed by atoms with Gasteiger partial charge in [0.2, 0.25) is 15.9 Å². The van der Waals surface area contributed by atoms with Crippen molar-refractivity contribution in [1.29, 1.82) is 0 Å². The van der Waals surface area contributed by atoms with E-state index in [2.05, 4.69) is 5.32 Å². The zero-order valence-electron chi connectivity index (χ0n) is 17.8. The molecule has 2 aromatic carbocycles. The third-order valence-electron chi connectivity index (χ3n) is 5.30. The number of sulfonamides is 1. The molecule has 0 radical (unpaired) electrons. The predicted molar refractivity (Wildman–Crippen MR) is 121 cm³/mol. The van der Waals surface area contributed by atoms with Crippen molar-refractivity contribution in [3.8, 4) is 0 Å². The Kier molecular flexibility index (Phi) is 7.50. The maximum Gasteiger partial charge on any atom is 0.246 e. The molecular formula is C23H31N3O3S. The topological polar surface area (TPSA) is 69.7 Å². The molecule has 1 fully saturated rings. The first-order chi connectivity index (χ1) is 14.4. The molecule has 0 unspecified atom stereocenters. The average molecular weight is 430 g/mol. The number of rotatable bonds is 7. The molecule has 1 amide bonds. The van der Waals surface area contributed by atoms with Gasteiger partial charge in [0.15, 0.2) is 0 Å². The van der Waals surface area contributed by atoms with Gasteiger partial charge in [-0.3, -0.25) is 4.79 Å². The maximum atomic E-state index is 13.0. The van der Waals surface area contributed by atoms with E-state index < -0.39 is 10.0 Å². The van der Waals surface area contributed by atoms with Crippen LogP contribution in [0.1, 0.15) is 39.5 Å². The van der Waals surface area contributed by atoms with Gasteiger partial charge >= 0.3 is 0 Å². The molecular weight excluding hydrogens is 398 g/mol. The van der Waals surface area contributed by atoms with Crippen molar-refractivity contribution in [1.82, 2.24) is 4.31 Å². The van der Waals surface area contributed by atoms with Crippen LogP contribution in [0.15, 0.2) is 59.5 Å². The summed E-state index contributed by atoms with van der Waals surface area (Å²) in [6.07, 6.45) is 3.94. The van der Waals surface area contributed by atoms with Crippen LogP contribution in [-0.2, 0) is 14.8 Å². The molecule has 0 spiro atoms. The molecule has 0 aliphatic carbocycles. The summed E-state index contributed by atoms with van der Waals surface area (Å²) in [5.74, 6) is -0.0722. The van der Waals surface area contributed by atoms with Crippen molar-refractivity contribution < 1.29 is 13.2 Å². The fourth-order valence-electron chi connectivity index (χ4n) is 3.78. The second kappa shape index (κ2) is 10.1. The molecule has 1 heterocycles. The summed E-state index contributed by atoms with van der Waals surface area (Å²) in [5, 5.41) is 3.10. The van der Waals surface area contributed by atoms with E-state index >= 15 is 0 Å². The largest absolute Gasteiger partial charge is 0.376 e. The predicted octanol–water partition coefficient (Wildman–Crippen LogP) is 4.10. The Morgan fingerprint density at radius 3 is 2.30 bits per heavy atom. The van der Waals surface area contributed by atoms with E-state index in [-0.39, 0.29) is 23.4 Å². The standard InChI is InChI=1S/C23H31N3O3S/c1-19(2)26(21-12-6-5-7-13-21)23(27)18-24-20-11-10-14-22(17-20)30(28,29)25-15-8-3-4-9-16-25/h5-7,10-14,17,19,24H,3-4,8-9,15-16,18H2,1-2H3. The Labute approximate surface area is 179 Å². The first-order valence-electron chi connectivity index (χ1n) is 10.6. The van der Waals surface area contributed by atoms with Gasteiger partial charge < -0.3 is 10.2 Å². The van der Waals surface area contributed by atoms with E-state index in [0.29, 0.717) is 18.8 Å². The fourth-order valence-corrected chi connectivity index (χ4v) is 5.34. The molecule has 162 valence electrons. The number of anilines is 2. The van der Waals surface area contributed by atoms with Crippen LogP contribution in [0.2, 0.25) is 0 Å². The van der Waals surface area contributed by atoms with Gasteiger partial charge in [-0.25, -0.2) is 8.42 Å². The van der Waals surface area contributed by atoms with Gasteiger partial charge in [-0.05, 0) is 57.0 Å². The number of nitrogens with zero attached hydrogens (tertiary/aromatic N) is 2. The minimum absolute atomic E-state index is 0.0106. The number of amides is 1. The highest BCUT2D eigenvalue weighted by molar-refractivity contribution is 7.89. The second-order valence-electron chi connectivity index (χ2n) is 7.89. The summed E-state index contributed by atoms with van der Waals surface area (Å²) in [4.78, 5) is 14.9. The Hall–Kier alpha value is -2.38. The van der Waals surface area contributed by atoms with E-state index in [4.69, 9.17) is 0 Å². The molecule has 0 aromatic heterocycles. The van der Waals surface area contributed by atoms with Crippen LogP contribution in [0.25, 0.3) is 0 Å². The van der Waals surface area contributed by atoms with Crippen molar-refractivity contribution in [3.63, 3.8) is 0 Å². The van der Waals surface area contributed by atoms with Crippen LogP contribution in [0.3, 0.4) is 0 Å². The van der Waals surface area contributed by atoms with Crippen LogP contribution in [0, 0.1) is 0 Å². The van der Waals surface area contributed by atoms with Gasteiger partial charge in [0, 0.05) is 30.5 Å². The molecule has 1 N–H and O–H groups in total. The fraction of sp³-hybridized carbons (Fsp3) is 0.435. The van der Waals surface area contributed by atoms with Gasteiger partial charge in [0.25, 0.3) is 0 Å². The summed E-state index contributed by atoms with van der Waals surface area (Å²) < 4.78 is 27.7. The van der Waals surface area contributed by atoms with Crippen LogP contribution >= 0.6 is 0 Å². The number of benzene rings is 2. The molecule has 3 rings (SSSR count). The Morgan fingerprint density at radius 1 is 1.00 bits per heavy atom. The SMILES string of the molecule is CC(C)N(C(=O)CNc1cccc(S(=O)(=O)N2CCCCCC2)c1)c1ccccc1. The summed E-state index contributed by atoms with van der Waals surface area (Å²) in [7, 11) is -3.52. The van der Waals surface area contributed by atoms with Crippen molar-refractivity contribution in [2.24, 2.45) is 0 Å². The number of para-hydroxylation sites is 1. The number of carbonyl (C=O) groups excluding carboxylic acids is 1. The van der Waals surface area contributed by atoms with E-state index in [0.717, 1.165) is 31.4 Å². The quantitative estimate of drug-likeness (QED) is 0.719. The molecule has 7 heteroatoms. The molecule has 1 saturated heterocycles. The third kappa shape index (κ3) is 5.40. The molecule has 6 nitrogen and oxygen atoms in total. The first-order valence-corrected chi connectivity index (χ1v) is 12.0. The molecule has 1 aliphatic rings. The van der Waals surface area contributed by atoms with Crippen molar-refractivity contribution in [3.05, 3.63) is 54.6 Å². The van der Waals surface area contributed by atoms with Gasteiger partial charge in [-0.2, -0.15) is 4.31 Å². The zero-order valence-corrected chi connectivity index (χ0v) is 18.6. The minimum atomic E-state index is -3.52. The van der Waals surface area contributed by atoms with Gasteiger partial charge in [0.1, 0.15) is 0 Å². The normalized spacial score (nSPS) is 15.6.